The zero-order valence-electron chi connectivity index (χ0n) is 10.0. The molecule has 2 nitrogen and oxygen atoms in total. The van der Waals surface area contributed by atoms with Crippen LogP contribution in [0.2, 0.25) is 0 Å². The van der Waals surface area contributed by atoms with Crippen molar-refractivity contribution in [1.29, 1.82) is 0 Å². The summed E-state index contributed by atoms with van der Waals surface area (Å²) in [5.41, 5.74) is 5.75. The Morgan fingerprint density at radius 3 is 2.59 bits per heavy atom. The Morgan fingerprint density at radius 1 is 1.35 bits per heavy atom. The molecule has 0 spiro atoms. The third kappa shape index (κ3) is 3.89. The highest BCUT2D eigenvalue weighted by Crippen LogP contribution is 2.14. The lowest BCUT2D eigenvalue weighted by Crippen LogP contribution is -2.33. The first kappa shape index (κ1) is 13.8. The summed E-state index contributed by atoms with van der Waals surface area (Å²) in [7, 11) is 0. The van der Waals surface area contributed by atoms with Crippen LogP contribution in [0.4, 0.5) is 8.78 Å². The molecule has 4 heteroatoms. The first-order valence-electron chi connectivity index (χ1n) is 5.63. The van der Waals surface area contributed by atoms with Crippen LogP contribution in [0.25, 0.3) is 0 Å². The molecule has 0 saturated carbocycles. The average Bonchev–Trinajstić information content (AvgIpc) is 2.23. The predicted octanol–water partition coefficient (Wildman–Crippen LogP) is 2.45. The Kier molecular flexibility index (Phi) is 4.75. The van der Waals surface area contributed by atoms with Gasteiger partial charge in [-0.15, -0.1) is 0 Å². The minimum atomic E-state index is -0.961. The van der Waals surface area contributed by atoms with Crippen LogP contribution in [0.3, 0.4) is 0 Å². The number of benzene rings is 1. The van der Waals surface area contributed by atoms with Gasteiger partial charge in [0.2, 0.25) is 0 Å². The summed E-state index contributed by atoms with van der Waals surface area (Å²) in [5.74, 6) is -1.86. The van der Waals surface area contributed by atoms with E-state index in [2.05, 4.69) is 0 Å². The first-order valence-corrected chi connectivity index (χ1v) is 5.63. The lowest BCUT2D eigenvalue weighted by atomic mass is 9.97. The van der Waals surface area contributed by atoms with Gasteiger partial charge in [0.1, 0.15) is 0 Å². The van der Waals surface area contributed by atoms with Gasteiger partial charge in [-0.2, -0.15) is 0 Å². The Hall–Kier alpha value is -1.29. The van der Waals surface area contributed by atoms with Gasteiger partial charge in [0, 0.05) is 6.42 Å². The summed E-state index contributed by atoms with van der Waals surface area (Å²) in [6.45, 7) is 3.91. The number of hydrogen-bond acceptors (Lipinski definition) is 2. The largest absolute Gasteiger partial charge is 0.321 e. The van der Waals surface area contributed by atoms with Crippen LogP contribution in [0, 0.1) is 17.6 Å². The fourth-order valence-corrected chi connectivity index (χ4v) is 1.64. The third-order valence-corrected chi connectivity index (χ3v) is 2.54. The average molecular weight is 241 g/mol. The van der Waals surface area contributed by atoms with Gasteiger partial charge in [-0.1, -0.05) is 26.0 Å². The molecular weight excluding hydrogens is 224 g/mol. The summed E-state index contributed by atoms with van der Waals surface area (Å²) in [6.07, 6.45) is 0.396. The molecule has 0 saturated heterocycles. The number of rotatable bonds is 5. The first-order chi connectivity index (χ1) is 7.91. The topological polar surface area (TPSA) is 43.1 Å². The fraction of sp³-hybridized carbons (Fsp3) is 0.462. The number of carbonyl (C=O) groups is 1. The number of halogens is 2. The molecule has 0 aliphatic heterocycles. The standard InChI is InChI=1S/C13H17F2NO/c1-8(2)6-11(16)12(17)7-9-4-3-5-10(14)13(9)15/h3-5,8,11H,6-7,16H2,1-2H3. The number of carbonyl (C=O) groups excluding carboxylic acids is 1. The minimum absolute atomic E-state index is 0.0641. The molecule has 0 heterocycles. The van der Waals surface area contributed by atoms with E-state index in [0.29, 0.717) is 12.3 Å². The van der Waals surface area contributed by atoms with Gasteiger partial charge in [-0.3, -0.25) is 4.79 Å². The molecular formula is C13H17F2NO. The molecule has 2 N–H and O–H groups in total. The molecule has 0 bridgehead atoms. The van der Waals surface area contributed by atoms with Crippen molar-refractivity contribution in [3.05, 3.63) is 35.4 Å². The normalized spacial score (nSPS) is 12.8. The molecule has 94 valence electrons. The van der Waals surface area contributed by atoms with E-state index < -0.39 is 17.7 Å². The molecule has 0 aromatic heterocycles. The van der Waals surface area contributed by atoms with E-state index >= 15 is 0 Å². The highest BCUT2D eigenvalue weighted by atomic mass is 19.2. The predicted molar refractivity (Wildman–Crippen MR) is 62.5 cm³/mol. The number of ketones is 1. The molecule has 1 aromatic rings. The molecule has 17 heavy (non-hydrogen) atoms. The number of Topliss-reactive ketones (excluding diaryl/α,β-unsaturated/α-hetero) is 1. The Balaban J connectivity index is 2.71. The molecule has 0 aliphatic carbocycles. The van der Waals surface area contributed by atoms with Crippen LogP contribution in [0.1, 0.15) is 25.8 Å². The van der Waals surface area contributed by atoms with Crippen molar-refractivity contribution in [3.63, 3.8) is 0 Å². The van der Waals surface area contributed by atoms with Crippen molar-refractivity contribution in [2.45, 2.75) is 32.7 Å². The molecule has 0 aliphatic rings. The minimum Gasteiger partial charge on any atom is -0.321 e. The van der Waals surface area contributed by atoms with Gasteiger partial charge >= 0.3 is 0 Å². The lowest BCUT2D eigenvalue weighted by Gasteiger charge is -2.13. The van der Waals surface area contributed by atoms with Gasteiger partial charge in [-0.25, -0.2) is 8.78 Å². The maximum absolute atomic E-state index is 13.3. The van der Waals surface area contributed by atoms with Crippen molar-refractivity contribution in [2.24, 2.45) is 11.7 Å². The Morgan fingerprint density at radius 2 is 2.00 bits per heavy atom. The summed E-state index contributed by atoms with van der Waals surface area (Å²) >= 11 is 0. The van der Waals surface area contributed by atoms with Crippen molar-refractivity contribution in [1.82, 2.24) is 0 Å². The van der Waals surface area contributed by atoms with Gasteiger partial charge in [0.25, 0.3) is 0 Å². The number of hydrogen-bond donors (Lipinski definition) is 1. The second kappa shape index (κ2) is 5.87. The summed E-state index contributed by atoms with van der Waals surface area (Å²) in [4.78, 5) is 11.7. The summed E-state index contributed by atoms with van der Waals surface area (Å²) in [5, 5.41) is 0. The van der Waals surface area contributed by atoms with Crippen LogP contribution in [0.15, 0.2) is 18.2 Å². The van der Waals surface area contributed by atoms with Crippen molar-refractivity contribution < 1.29 is 13.6 Å². The lowest BCUT2D eigenvalue weighted by molar-refractivity contribution is -0.120. The molecule has 0 fully saturated rings. The van der Waals surface area contributed by atoms with Crippen LogP contribution >= 0.6 is 0 Å². The molecule has 1 atom stereocenters. The molecule has 1 unspecified atom stereocenters. The van der Waals surface area contributed by atoms with Gasteiger partial charge in [-0.05, 0) is 24.0 Å². The summed E-state index contributed by atoms with van der Waals surface area (Å²) in [6, 6.07) is 3.20. The quantitative estimate of drug-likeness (QED) is 0.860. The third-order valence-electron chi connectivity index (χ3n) is 2.54. The van der Waals surface area contributed by atoms with E-state index in [9.17, 15) is 13.6 Å². The smallest absolute Gasteiger partial charge is 0.162 e. The van der Waals surface area contributed by atoms with E-state index in [4.69, 9.17) is 5.73 Å². The molecule has 0 radical (unpaired) electrons. The van der Waals surface area contributed by atoms with Crippen LogP contribution in [0.5, 0.6) is 0 Å². The second-order valence-electron chi connectivity index (χ2n) is 4.59. The van der Waals surface area contributed by atoms with Gasteiger partial charge in [0.05, 0.1) is 6.04 Å². The zero-order chi connectivity index (χ0) is 13.0. The SMILES string of the molecule is CC(C)CC(N)C(=O)Cc1cccc(F)c1F. The van der Waals surface area contributed by atoms with E-state index in [-0.39, 0.29) is 17.8 Å². The molecule has 0 amide bonds. The highest BCUT2D eigenvalue weighted by molar-refractivity contribution is 5.85. The van der Waals surface area contributed by atoms with Gasteiger partial charge < -0.3 is 5.73 Å². The highest BCUT2D eigenvalue weighted by Gasteiger charge is 2.18. The van der Waals surface area contributed by atoms with Crippen LogP contribution in [-0.4, -0.2) is 11.8 Å². The van der Waals surface area contributed by atoms with Gasteiger partial charge in [0.15, 0.2) is 17.4 Å². The van der Waals surface area contributed by atoms with E-state index in [1.165, 1.54) is 12.1 Å². The molecule has 1 aromatic carbocycles. The van der Waals surface area contributed by atoms with Crippen molar-refractivity contribution in [2.75, 3.05) is 0 Å². The van der Waals surface area contributed by atoms with E-state index in [1.807, 2.05) is 13.8 Å². The summed E-state index contributed by atoms with van der Waals surface area (Å²) < 4.78 is 26.2. The Labute approximate surface area is 99.8 Å². The second-order valence-corrected chi connectivity index (χ2v) is 4.59. The molecule has 1 rings (SSSR count). The fourth-order valence-electron chi connectivity index (χ4n) is 1.64. The number of nitrogens with two attached hydrogens (primary N) is 1. The van der Waals surface area contributed by atoms with Crippen LogP contribution < -0.4 is 5.73 Å². The zero-order valence-corrected chi connectivity index (χ0v) is 10.0. The monoisotopic (exact) mass is 241 g/mol. The maximum atomic E-state index is 13.3. The maximum Gasteiger partial charge on any atom is 0.162 e. The van der Waals surface area contributed by atoms with Crippen molar-refractivity contribution in [3.8, 4) is 0 Å². The van der Waals surface area contributed by atoms with Crippen LogP contribution in [-0.2, 0) is 11.2 Å². The van der Waals surface area contributed by atoms with Crippen molar-refractivity contribution >= 4 is 5.78 Å². The van der Waals surface area contributed by atoms with E-state index in [0.717, 1.165) is 6.07 Å². The van der Waals surface area contributed by atoms with E-state index in [1.54, 1.807) is 0 Å². The Bertz CT molecular complexity index is 404.